The Labute approximate surface area is 308 Å². The highest BCUT2D eigenvalue weighted by atomic mass is 32.2. The van der Waals surface area contributed by atoms with Gasteiger partial charge in [0, 0.05) is 5.39 Å². The molecule has 0 spiro atoms. The molecule has 0 aliphatic rings. The predicted molar refractivity (Wildman–Crippen MR) is 193 cm³/mol. The molecule has 0 saturated heterocycles. The molecular weight excluding hydrogens is 797 g/mol. The lowest BCUT2D eigenvalue weighted by Crippen LogP contribution is -2.39. The third-order valence-electron chi connectivity index (χ3n) is 7.40. The second-order valence-electron chi connectivity index (χ2n) is 11.5. The van der Waals surface area contributed by atoms with E-state index in [2.05, 4.69) is 37.8 Å². The topological polar surface area (TPSA) is 328 Å². The maximum atomic E-state index is 12.7. The number of amides is 2. The van der Waals surface area contributed by atoms with E-state index in [1.807, 2.05) is 0 Å². The normalized spacial score (nSPS) is 12.9. The molecule has 8 N–H and O–H groups in total. The number of anilines is 1. The van der Waals surface area contributed by atoms with Gasteiger partial charge < -0.3 is 10.4 Å². The number of rotatable bonds is 10. The summed E-state index contributed by atoms with van der Waals surface area (Å²) in [5.74, 6) is -1.60. The lowest BCUT2D eigenvalue weighted by molar-refractivity contribution is 0.247. The molecule has 24 heteroatoms. The Morgan fingerprint density at radius 2 is 1.28 bits per heavy atom. The van der Waals surface area contributed by atoms with Gasteiger partial charge in [-0.3, -0.25) is 28.8 Å². The van der Waals surface area contributed by atoms with E-state index in [0.717, 1.165) is 24.3 Å². The summed E-state index contributed by atoms with van der Waals surface area (Å²) in [6.45, 7) is 9.45. The van der Waals surface area contributed by atoms with Crippen LogP contribution in [0.2, 0.25) is 0 Å². The number of aromatic hydroxyl groups is 1. The highest BCUT2D eigenvalue weighted by Gasteiger charge is 2.26. The van der Waals surface area contributed by atoms with Gasteiger partial charge in [0.2, 0.25) is 0 Å². The summed E-state index contributed by atoms with van der Waals surface area (Å²) < 4.78 is 135. The molecule has 0 bridgehead atoms. The number of hydrogen-bond donors (Lipinski definition) is 8. The largest absolute Gasteiger partial charge is 0.505 e. The van der Waals surface area contributed by atoms with Crippen LogP contribution >= 0.6 is 0 Å². The number of benzene rings is 4. The maximum absolute atomic E-state index is 12.7. The van der Waals surface area contributed by atoms with Crippen LogP contribution in [0.5, 0.6) is 5.75 Å². The minimum Gasteiger partial charge on any atom is -0.505 e. The summed E-state index contributed by atoms with van der Waals surface area (Å²) in [4.78, 5) is 13.7. The van der Waals surface area contributed by atoms with Crippen LogP contribution in [0, 0.1) is 20.8 Å². The molecule has 0 unspecified atom stereocenters. The number of carbonyl (C=O) groups is 1. The minimum atomic E-state index is -5.30. The molecule has 20 nitrogen and oxygen atoms in total. The third kappa shape index (κ3) is 9.60. The molecule has 54 heavy (non-hydrogen) atoms. The molecule has 0 radical (unpaired) electrons. The molecule has 0 aliphatic heterocycles. The van der Waals surface area contributed by atoms with E-state index in [4.69, 9.17) is 0 Å². The summed E-state index contributed by atoms with van der Waals surface area (Å²) in [5, 5.41) is 24.9. The van der Waals surface area contributed by atoms with Crippen LogP contribution in [0.25, 0.3) is 10.8 Å². The van der Waals surface area contributed by atoms with Crippen molar-refractivity contribution in [3.05, 3.63) is 77.6 Å². The van der Waals surface area contributed by atoms with Gasteiger partial charge in [-0.05, 0) is 92.2 Å². The van der Waals surface area contributed by atoms with Crippen molar-refractivity contribution in [1.29, 1.82) is 0 Å². The van der Waals surface area contributed by atoms with Gasteiger partial charge in [-0.2, -0.15) is 33.7 Å². The van der Waals surface area contributed by atoms with E-state index in [1.54, 1.807) is 6.92 Å². The number of phenolic OH excluding ortho intramolecular Hbond substituents is 1. The highest BCUT2D eigenvalue weighted by molar-refractivity contribution is 7.86. The van der Waals surface area contributed by atoms with E-state index in [9.17, 15) is 61.8 Å². The van der Waals surface area contributed by atoms with Crippen LogP contribution in [0.3, 0.4) is 0 Å². The van der Waals surface area contributed by atoms with Crippen molar-refractivity contribution in [2.75, 3.05) is 5.32 Å². The van der Waals surface area contributed by atoms with Crippen molar-refractivity contribution in [1.82, 2.24) is 10.6 Å². The second-order valence-corrected chi connectivity index (χ2v) is 17.1. The van der Waals surface area contributed by atoms with Crippen LogP contribution in [-0.2, 0) is 40.5 Å². The van der Waals surface area contributed by atoms with Crippen LogP contribution in [0.15, 0.2) is 95.7 Å². The smallest absolute Gasteiger partial charge is 0.325 e. The summed E-state index contributed by atoms with van der Waals surface area (Å²) in [6, 6.07) is 7.21. The Kier molecular flexibility index (Phi) is 11.4. The van der Waals surface area contributed by atoms with E-state index < -0.39 is 105 Å². The Balaban J connectivity index is 1.78. The zero-order chi connectivity index (χ0) is 40.7. The number of azo groups is 1. The Hall–Kier alpha value is -5.34. The van der Waals surface area contributed by atoms with Gasteiger partial charge in [0.25, 0.3) is 40.5 Å². The number of aryl methyl sites for hydroxylation is 3. The minimum absolute atomic E-state index is 0.0379. The molecule has 0 aromatic heterocycles. The Morgan fingerprint density at radius 1 is 0.685 bits per heavy atom. The Bertz CT molecular complexity index is 2780. The van der Waals surface area contributed by atoms with Gasteiger partial charge in [-0.25, -0.2) is 9.79 Å². The van der Waals surface area contributed by atoms with Crippen LogP contribution in [-0.4, -0.2) is 68.9 Å². The quantitative estimate of drug-likeness (QED) is 0.0460. The van der Waals surface area contributed by atoms with Gasteiger partial charge in [0.05, 0.1) is 21.2 Å². The number of carbonyl (C=O) groups excluding carboxylic acids is 1. The van der Waals surface area contributed by atoms with E-state index in [-0.39, 0.29) is 17.1 Å². The summed E-state index contributed by atoms with van der Waals surface area (Å²) in [7, 11) is -19.8. The number of amidine groups is 1. The first-order valence-electron chi connectivity index (χ1n) is 14.6. The van der Waals surface area contributed by atoms with Crippen LogP contribution in [0.4, 0.5) is 27.5 Å². The maximum Gasteiger partial charge on any atom is 0.325 e. The number of aliphatic imine (C=N–C) groups is 1. The monoisotopic (exact) mass is 826 g/mol. The summed E-state index contributed by atoms with van der Waals surface area (Å²) >= 11 is 0. The molecule has 288 valence electrons. The fourth-order valence-electron chi connectivity index (χ4n) is 4.85. The average molecular weight is 827 g/mol. The van der Waals surface area contributed by atoms with Crippen molar-refractivity contribution in [2.45, 2.75) is 47.3 Å². The number of urea groups is 1. The van der Waals surface area contributed by atoms with Crippen LogP contribution < -0.4 is 16.0 Å². The van der Waals surface area contributed by atoms with Crippen molar-refractivity contribution < 1.29 is 61.8 Å². The molecule has 0 saturated carbocycles. The summed E-state index contributed by atoms with van der Waals surface area (Å²) in [6.07, 6.45) is 0. The van der Waals surface area contributed by atoms with E-state index in [0.29, 0.717) is 17.2 Å². The molecule has 4 rings (SSSR count). The molecule has 0 heterocycles. The first-order chi connectivity index (χ1) is 24.7. The van der Waals surface area contributed by atoms with Crippen molar-refractivity contribution in [3.63, 3.8) is 0 Å². The lowest BCUT2D eigenvalue weighted by atomic mass is 10.1. The number of nitrogens with zero attached hydrogens (tertiary/aromatic N) is 3. The van der Waals surface area contributed by atoms with Gasteiger partial charge in [-0.1, -0.05) is 12.6 Å². The zero-order valence-corrected chi connectivity index (χ0v) is 31.5. The first-order valence-corrected chi connectivity index (χ1v) is 20.4. The number of phenols is 1. The molecule has 4 aromatic rings. The van der Waals surface area contributed by atoms with E-state index >= 15 is 0 Å². The zero-order valence-electron chi connectivity index (χ0n) is 28.2. The van der Waals surface area contributed by atoms with Crippen LogP contribution in [0.1, 0.15) is 23.6 Å². The Morgan fingerprint density at radius 3 is 1.85 bits per heavy atom. The molecule has 0 fully saturated rings. The fourth-order valence-corrected chi connectivity index (χ4v) is 7.48. The van der Waals surface area contributed by atoms with Gasteiger partial charge in [0.15, 0.2) is 5.75 Å². The SMILES string of the molecule is C=C(NC(=O)NC(C)=Nc1ccc(C)c(S(=O)(=O)O)c1)Nc1cc(S(=O)(=O)O)cc2cc(S(=O)(=O)O)c(N=Nc3cc(C)c(C)cc3S(=O)(=O)O)c(O)c12. The average Bonchev–Trinajstić information content (AvgIpc) is 3.00. The fraction of sp³-hybridized carbons (Fsp3) is 0.133. The van der Waals surface area contributed by atoms with Crippen molar-refractivity contribution in [2.24, 2.45) is 15.2 Å². The molecular formula is C30H30N6O14S4. The number of hydrogen-bond acceptors (Lipinski definition) is 14. The van der Waals surface area contributed by atoms with Crippen molar-refractivity contribution >= 4 is 85.9 Å². The second kappa shape index (κ2) is 14.8. The third-order valence-corrected chi connectivity index (χ3v) is 11.0. The molecule has 2 amide bonds. The van der Waals surface area contributed by atoms with Crippen molar-refractivity contribution in [3.8, 4) is 5.75 Å². The van der Waals surface area contributed by atoms with Gasteiger partial charge in [-0.15, -0.1) is 10.2 Å². The molecule has 0 atom stereocenters. The first kappa shape index (κ1) is 41.4. The van der Waals surface area contributed by atoms with Gasteiger partial charge in [0.1, 0.15) is 32.8 Å². The standard InChI is InChI=1S/C30H30N6O14S4/c1-14-6-7-20(12-24(14)52(42,43)44)31-17(4)33-30(38)34-18(5)32-23-13-21(51(39,40)41)10-19-11-26(54(48,49)50)28(29(37)27(19)23)36-35-22-8-15(2)16(3)9-25(22)53(45,46)47/h6-13,32,37H,5H2,1-4H3,(H,39,40,41)(H,42,43,44)(H,45,46,47)(H,48,49,50)(H2,31,33,34,38). The lowest BCUT2D eigenvalue weighted by Gasteiger charge is -2.17. The molecule has 4 aromatic carbocycles. The number of nitrogens with one attached hydrogen (secondary N) is 3. The highest BCUT2D eigenvalue weighted by Crippen LogP contribution is 2.45. The molecule has 0 aliphatic carbocycles. The number of fused-ring (bicyclic) bond motifs is 1. The summed E-state index contributed by atoms with van der Waals surface area (Å²) in [5.41, 5.74) is -0.768. The predicted octanol–water partition coefficient (Wildman–Crippen LogP) is 4.81. The van der Waals surface area contributed by atoms with E-state index in [1.165, 1.54) is 39.0 Å². The van der Waals surface area contributed by atoms with Gasteiger partial charge >= 0.3 is 6.03 Å².